The number of aliphatic hydroxyl groups excluding tert-OH is 1. The summed E-state index contributed by atoms with van der Waals surface area (Å²) in [6.45, 7) is 4.68. The lowest BCUT2D eigenvalue weighted by Crippen LogP contribution is -2.30. The van der Waals surface area contributed by atoms with E-state index in [2.05, 4.69) is 113 Å². The number of unbranched alkanes of at least 4 members (excludes halogenated alkanes) is 33. The van der Waals surface area contributed by atoms with Gasteiger partial charge in [0.05, 0.1) is 26.4 Å². The second kappa shape index (κ2) is 71.6. The zero-order valence-electron chi connectivity index (χ0n) is 62.0. The summed E-state index contributed by atoms with van der Waals surface area (Å²) >= 11 is 0. The Hall–Kier alpha value is -3.76. The SMILES string of the molecule is CC/C=C\C/C=C\C/C=C\C/C=C\CCCCCCC(=O)OCC(COP(=O)(O)OCC(O)COP(=O)(O)OCC(COC(=O)CCCCCCC/C=C\C/C=C\CCC)OC(=O)CCCCCCCCCCCCCCC)OC(=O)CCCCCCC/C=C\CCCCCCCC. The van der Waals surface area contributed by atoms with E-state index >= 15 is 0 Å². The molecule has 0 aromatic heterocycles. The van der Waals surface area contributed by atoms with Crippen molar-refractivity contribution in [3.8, 4) is 0 Å². The number of carbonyl (C=O) groups excluding carboxylic acids is 4. The van der Waals surface area contributed by atoms with Crippen LogP contribution >= 0.6 is 15.6 Å². The molecule has 98 heavy (non-hydrogen) atoms. The van der Waals surface area contributed by atoms with Crippen LogP contribution in [0, 0.1) is 0 Å². The molecule has 0 bridgehead atoms. The molecule has 17 nitrogen and oxygen atoms in total. The molecule has 3 N–H and O–H groups in total. The van der Waals surface area contributed by atoms with E-state index in [0.29, 0.717) is 25.7 Å². The number of ether oxygens (including phenoxy) is 4. The molecular formula is C79H140O17P2. The molecule has 0 aromatic rings. The van der Waals surface area contributed by atoms with E-state index in [0.717, 1.165) is 167 Å². The molecule has 0 saturated carbocycles. The number of hydrogen-bond acceptors (Lipinski definition) is 15. The van der Waals surface area contributed by atoms with Crippen LogP contribution in [0.3, 0.4) is 0 Å². The first-order chi connectivity index (χ1) is 47.7. The second-order valence-electron chi connectivity index (χ2n) is 25.9. The summed E-state index contributed by atoms with van der Waals surface area (Å²) < 4.78 is 68.5. The number of phosphoric acid groups is 2. The van der Waals surface area contributed by atoms with Crippen LogP contribution in [-0.4, -0.2) is 96.7 Å². The Labute approximate surface area is 595 Å². The van der Waals surface area contributed by atoms with Crippen LogP contribution in [0.1, 0.15) is 336 Å². The van der Waals surface area contributed by atoms with E-state index in [-0.39, 0.29) is 25.7 Å². The van der Waals surface area contributed by atoms with E-state index in [9.17, 15) is 43.2 Å². The fourth-order valence-corrected chi connectivity index (χ4v) is 12.0. The number of esters is 4. The highest BCUT2D eigenvalue weighted by atomic mass is 31.2. The van der Waals surface area contributed by atoms with Gasteiger partial charge in [-0.1, -0.05) is 280 Å². The molecular weight excluding hydrogens is 1280 g/mol. The highest BCUT2D eigenvalue weighted by Crippen LogP contribution is 2.45. The van der Waals surface area contributed by atoms with Crippen molar-refractivity contribution in [3.63, 3.8) is 0 Å². The maximum atomic E-state index is 13.1. The largest absolute Gasteiger partial charge is 0.472 e. The molecule has 0 aliphatic rings. The highest BCUT2D eigenvalue weighted by molar-refractivity contribution is 7.47. The number of aliphatic hydroxyl groups is 1. The van der Waals surface area contributed by atoms with Crippen molar-refractivity contribution in [1.29, 1.82) is 0 Å². The second-order valence-corrected chi connectivity index (χ2v) is 28.8. The van der Waals surface area contributed by atoms with Gasteiger partial charge in [0.25, 0.3) is 0 Å². The highest BCUT2D eigenvalue weighted by Gasteiger charge is 2.30. The van der Waals surface area contributed by atoms with Crippen molar-refractivity contribution in [2.75, 3.05) is 39.6 Å². The van der Waals surface area contributed by atoms with Gasteiger partial charge in [-0.15, -0.1) is 0 Å². The minimum absolute atomic E-state index is 0.0807. The third-order valence-corrected chi connectivity index (χ3v) is 18.2. The summed E-state index contributed by atoms with van der Waals surface area (Å²) in [6.07, 6.45) is 72.8. The minimum Gasteiger partial charge on any atom is -0.462 e. The Bertz CT molecular complexity index is 2190. The van der Waals surface area contributed by atoms with Crippen LogP contribution in [0.2, 0.25) is 0 Å². The topological polar surface area (TPSA) is 237 Å². The average molecular weight is 1420 g/mol. The zero-order chi connectivity index (χ0) is 71.8. The Kier molecular flexibility index (Phi) is 68.9. The number of phosphoric ester groups is 2. The molecule has 0 rings (SSSR count). The van der Waals surface area contributed by atoms with Gasteiger partial charge in [-0.2, -0.15) is 0 Å². The Morgan fingerprint density at radius 2 is 0.551 bits per heavy atom. The lowest BCUT2D eigenvalue weighted by molar-refractivity contribution is -0.161. The molecule has 0 aliphatic carbocycles. The summed E-state index contributed by atoms with van der Waals surface area (Å²) in [6, 6.07) is 0. The molecule has 5 unspecified atom stereocenters. The molecule has 0 spiro atoms. The van der Waals surface area contributed by atoms with Crippen LogP contribution < -0.4 is 0 Å². The van der Waals surface area contributed by atoms with E-state index in [1.54, 1.807) is 0 Å². The van der Waals surface area contributed by atoms with Gasteiger partial charge < -0.3 is 33.8 Å². The van der Waals surface area contributed by atoms with Gasteiger partial charge in [-0.05, 0) is 116 Å². The molecule has 0 amide bonds. The molecule has 0 heterocycles. The van der Waals surface area contributed by atoms with E-state index in [4.69, 9.17) is 37.0 Å². The maximum absolute atomic E-state index is 13.1. The molecule has 0 radical (unpaired) electrons. The standard InChI is InChI=1S/C79H140O17P2/c1-5-9-13-17-21-25-29-33-35-36-38-41-44-48-52-56-60-64-77(82)90-70-75(96-79(84)66-62-58-54-50-46-42-37-34-30-26-22-18-14-10-6-2)72-94-98(87,88)92-68-73(80)67-91-97(85,86)93-71-74(95-78(83)65-61-57-53-49-45-40-32-28-24-20-16-12-8-4)69-89-76(81)63-59-55-51-47-43-39-31-27-23-19-15-11-7-3/h9,13,15,19,21,25,27,31,33-35,37-38,41,73-75,80H,5-8,10-12,14,16-18,20,22-24,26,28-30,32,36,39-40,42-72H2,1-4H3,(H,85,86)(H,87,88)/b13-9-,19-15-,25-21-,31-27-,35-33-,37-34-,41-38-. The van der Waals surface area contributed by atoms with Crippen molar-refractivity contribution >= 4 is 39.5 Å². The Balaban J connectivity index is 5.36. The van der Waals surface area contributed by atoms with E-state index < -0.39 is 97.5 Å². The summed E-state index contributed by atoms with van der Waals surface area (Å²) in [5.74, 6) is -2.20. The van der Waals surface area contributed by atoms with Crippen molar-refractivity contribution < 1.29 is 80.2 Å². The zero-order valence-corrected chi connectivity index (χ0v) is 63.7. The first kappa shape index (κ1) is 94.2. The predicted molar refractivity (Wildman–Crippen MR) is 399 cm³/mol. The first-order valence-corrected chi connectivity index (χ1v) is 41.8. The number of carbonyl (C=O) groups is 4. The van der Waals surface area contributed by atoms with Crippen molar-refractivity contribution in [3.05, 3.63) is 85.1 Å². The quantitative estimate of drug-likeness (QED) is 0.0169. The fraction of sp³-hybridized carbons (Fsp3) is 0.772. The van der Waals surface area contributed by atoms with Gasteiger partial charge in [0.15, 0.2) is 12.2 Å². The monoisotopic (exact) mass is 1420 g/mol. The van der Waals surface area contributed by atoms with Crippen molar-refractivity contribution in [1.82, 2.24) is 0 Å². The Morgan fingerprint density at radius 1 is 0.296 bits per heavy atom. The molecule has 0 fully saturated rings. The Morgan fingerprint density at radius 3 is 0.867 bits per heavy atom. The van der Waals surface area contributed by atoms with Crippen molar-refractivity contribution in [2.45, 2.75) is 354 Å². The molecule has 0 saturated heterocycles. The van der Waals surface area contributed by atoms with Gasteiger partial charge in [-0.25, -0.2) is 9.13 Å². The average Bonchev–Trinajstić information content (AvgIpc) is 1.05. The number of rotatable bonds is 73. The molecule has 5 atom stereocenters. The summed E-state index contributed by atoms with van der Waals surface area (Å²) in [4.78, 5) is 72.9. The predicted octanol–water partition coefficient (Wildman–Crippen LogP) is 22.2. The van der Waals surface area contributed by atoms with Crippen LogP contribution in [0.15, 0.2) is 85.1 Å². The smallest absolute Gasteiger partial charge is 0.462 e. The van der Waals surface area contributed by atoms with Crippen LogP contribution in [0.4, 0.5) is 0 Å². The van der Waals surface area contributed by atoms with Gasteiger partial charge in [0, 0.05) is 25.7 Å². The summed E-state index contributed by atoms with van der Waals surface area (Å²) in [5, 5.41) is 10.6. The lowest BCUT2D eigenvalue weighted by atomic mass is 10.0. The van der Waals surface area contributed by atoms with Gasteiger partial charge in [0.2, 0.25) is 0 Å². The van der Waals surface area contributed by atoms with Gasteiger partial charge in [0.1, 0.15) is 19.3 Å². The lowest BCUT2D eigenvalue weighted by Gasteiger charge is -2.21. The molecule has 19 heteroatoms. The van der Waals surface area contributed by atoms with Crippen LogP contribution in [0.25, 0.3) is 0 Å². The van der Waals surface area contributed by atoms with E-state index in [1.165, 1.54) is 89.9 Å². The maximum Gasteiger partial charge on any atom is 0.472 e. The minimum atomic E-state index is -4.98. The molecule has 0 aliphatic heterocycles. The molecule has 0 aromatic carbocycles. The van der Waals surface area contributed by atoms with Gasteiger partial charge in [-0.3, -0.25) is 37.3 Å². The first-order valence-electron chi connectivity index (χ1n) is 38.8. The third-order valence-electron chi connectivity index (χ3n) is 16.3. The van der Waals surface area contributed by atoms with E-state index in [1.807, 2.05) is 0 Å². The van der Waals surface area contributed by atoms with Crippen LogP contribution in [-0.2, 0) is 65.4 Å². The molecule has 568 valence electrons. The number of allylic oxidation sites excluding steroid dienone is 14. The third kappa shape index (κ3) is 70.7. The number of hydrogen-bond donors (Lipinski definition) is 3. The summed E-state index contributed by atoms with van der Waals surface area (Å²) in [7, 11) is -9.95. The van der Waals surface area contributed by atoms with Crippen LogP contribution in [0.5, 0.6) is 0 Å². The van der Waals surface area contributed by atoms with Gasteiger partial charge >= 0.3 is 39.5 Å². The summed E-state index contributed by atoms with van der Waals surface area (Å²) in [5.41, 5.74) is 0. The normalized spacial score (nSPS) is 14.4. The fourth-order valence-electron chi connectivity index (χ4n) is 10.4. The van der Waals surface area contributed by atoms with Crippen molar-refractivity contribution in [2.24, 2.45) is 0 Å².